The van der Waals surface area contributed by atoms with E-state index in [4.69, 9.17) is 9.72 Å². The molecule has 1 saturated heterocycles. The van der Waals surface area contributed by atoms with Gasteiger partial charge in [0.2, 0.25) is 5.95 Å². The molecule has 4 atom stereocenters. The van der Waals surface area contributed by atoms with Crippen LogP contribution in [0.5, 0.6) is 0 Å². The van der Waals surface area contributed by atoms with Crippen LogP contribution in [0.15, 0.2) is 30.5 Å². The van der Waals surface area contributed by atoms with Crippen molar-refractivity contribution >= 4 is 11.9 Å². The SMILES string of the molecule is CCC(Nc1ncc(C(=O)N2CCOCC2)c(-c2cccc(C)c2)n1)C(C)C1CC(C)C1(C)C. The van der Waals surface area contributed by atoms with Gasteiger partial charge in [-0.3, -0.25) is 4.79 Å². The molecule has 0 radical (unpaired) electrons. The van der Waals surface area contributed by atoms with Crippen molar-refractivity contribution < 1.29 is 9.53 Å². The van der Waals surface area contributed by atoms with E-state index in [9.17, 15) is 4.79 Å². The van der Waals surface area contributed by atoms with Crippen LogP contribution in [-0.2, 0) is 4.74 Å². The van der Waals surface area contributed by atoms with E-state index < -0.39 is 0 Å². The average molecular weight is 465 g/mol. The molecule has 1 aromatic carbocycles. The van der Waals surface area contributed by atoms with Crippen LogP contribution in [0.4, 0.5) is 5.95 Å². The van der Waals surface area contributed by atoms with E-state index in [2.05, 4.69) is 64.0 Å². The van der Waals surface area contributed by atoms with Gasteiger partial charge in [0, 0.05) is 30.9 Å². The summed E-state index contributed by atoms with van der Waals surface area (Å²) in [4.78, 5) is 24.8. The van der Waals surface area contributed by atoms with Crippen LogP contribution in [0.1, 0.15) is 63.4 Å². The van der Waals surface area contributed by atoms with Gasteiger partial charge in [0.1, 0.15) is 0 Å². The summed E-state index contributed by atoms with van der Waals surface area (Å²) in [6.07, 6.45) is 3.98. The Kier molecular flexibility index (Phi) is 7.27. The molecule has 4 unspecified atom stereocenters. The minimum atomic E-state index is -0.0306. The quantitative estimate of drug-likeness (QED) is 0.591. The Bertz CT molecular complexity index is 1020. The molecule has 0 spiro atoms. The molecular weight excluding hydrogens is 424 g/mol. The number of carbonyl (C=O) groups excluding carboxylic acids is 1. The van der Waals surface area contributed by atoms with Crippen molar-refractivity contribution in [1.29, 1.82) is 0 Å². The van der Waals surface area contributed by atoms with E-state index in [0.717, 1.165) is 23.5 Å². The lowest BCUT2D eigenvalue weighted by molar-refractivity contribution is -0.0473. The molecule has 2 aromatic rings. The third kappa shape index (κ3) is 4.83. The maximum atomic E-state index is 13.4. The Morgan fingerprint density at radius 3 is 2.65 bits per heavy atom. The number of ether oxygens (including phenoxy) is 1. The highest BCUT2D eigenvalue weighted by molar-refractivity contribution is 6.00. The van der Waals surface area contributed by atoms with Crippen molar-refractivity contribution in [3.05, 3.63) is 41.6 Å². The molecule has 1 saturated carbocycles. The molecule has 2 aliphatic rings. The second-order valence-corrected chi connectivity index (χ2v) is 10.8. The summed E-state index contributed by atoms with van der Waals surface area (Å²) in [5, 5.41) is 3.63. The van der Waals surface area contributed by atoms with Crippen molar-refractivity contribution in [2.75, 3.05) is 31.6 Å². The summed E-state index contributed by atoms with van der Waals surface area (Å²) in [6, 6.07) is 8.46. The maximum Gasteiger partial charge on any atom is 0.257 e. The number of carbonyl (C=O) groups is 1. The van der Waals surface area contributed by atoms with Gasteiger partial charge in [-0.2, -0.15) is 0 Å². The molecule has 34 heavy (non-hydrogen) atoms. The number of rotatable bonds is 7. The smallest absolute Gasteiger partial charge is 0.257 e. The Balaban J connectivity index is 1.63. The number of aromatic nitrogens is 2. The number of hydrogen-bond acceptors (Lipinski definition) is 5. The van der Waals surface area contributed by atoms with Gasteiger partial charge < -0.3 is 15.0 Å². The first-order valence-electron chi connectivity index (χ1n) is 12.8. The van der Waals surface area contributed by atoms with Crippen molar-refractivity contribution in [2.24, 2.45) is 23.2 Å². The van der Waals surface area contributed by atoms with Crippen LogP contribution >= 0.6 is 0 Å². The van der Waals surface area contributed by atoms with Crippen molar-refractivity contribution in [3.63, 3.8) is 0 Å². The molecule has 0 bridgehead atoms. The molecule has 6 nitrogen and oxygen atoms in total. The Hall–Kier alpha value is -2.47. The first-order valence-corrected chi connectivity index (χ1v) is 12.8. The molecular formula is C28H40N4O2. The van der Waals surface area contributed by atoms with Crippen LogP contribution in [-0.4, -0.2) is 53.1 Å². The fourth-order valence-corrected chi connectivity index (χ4v) is 5.69. The van der Waals surface area contributed by atoms with Crippen LogP contribution in [0, 0.1) is 30.1 Å². The molecule has 2 fully saturated rings. The monoisotopic (exact) mass is 464 g/mol. The largest absolute Gasteiger partial charge is 0.378 e. The second kappa shape index (κ2) is 10.0. The van der Waals surface area contributed by atoms with E-state index in [1.165, 1.54) is 6.42 Å². The minimum Gasteiger partial charge on any atom is -0.378 e. The van der Waals surface area contributed by atoms with Gasteiger partial charge in [0.25, 0.3) is 5.91 Å². The predicted octanol–water partition coefficient (Wildman–Crippen LogP) is 5.43. The third-order valence-electron chi connectivity index (χ3n) is 8.47. The molecule has 1 N–H and O–H groups in total. The van der Waals surface area contributed by atoms with Gasteiger partial charge >= 0.3 is 0 Å². The fourth-order valence-electron chi connectivity index (χ4n) is 5.69. The third-order valence-corrected chi connectivity index (χ3v) is 8.47. The summed E-state index contributed by atoms with van der Waals surface area (Å²) in [7, 11) is 0. The summed E-state index contributed by atoms with van der Waals surface area (Å²) in [6.45, 7) is 16.1. The first kappa shape index (κ1) is 24.6. The Morgan fingerprint density at radius 2 is 2.03 bits per heavy atom. The lowest BCUT2D eigenvalue weighted by Crippen LogP contribution is -2.50. The normalized spacial score (nSPS) is 23.6. The summed E-state index contributed by atoms with van der Waals surface area (Å²) < 4.78 is 5.43. The molecule has 184 valence electrons. The molecule has 4 rings (SSSR count). The lowest BCUT2D eigenvalue weighted by atomic mass is 9.51. The zero-order valence-electron chi connectivity index (χ0n) is 21.6. The van der Waals surface area contributed by atoms with Gasteiger partial charge in [-0.1, -0.05) is 58.4 Å². The van der Waals surface area contributed by atoms with Crippen molar-refractivity contribution in [2.45, 2.75) is 60.4 Å². The standard InChI is InChI=1S/C28H40N4O2/c1-7-24(20(4)23-16-19(3)28(23,5)6)30-27-29-17-22(26(33)32-11-13-34-14-12-32)25(31-27)21-10-8-9-18(2)15-21/h8-10,15,17,19-20,23-24H,7,11-14,16H2,1-6H3,(H,29,30,31). The molecule has 6 heteroatoms. The topological polar surface area (TPSA) is 67.4 Å². The Labute approximate surface area is 204 Å². The van der Waals surface area contributed by atoms with Crippen LogP contribution in [0.3, 0.4) is 0 Å². The lowest BCUT2D eigenvalue weighted by Gasteiger charge is -2.55. The van der Waals surface area contributed by atoms with Gasteiger partial charge in [-0.25, -0.2) is 9.97 Å². The van der Waals surface area contributed by atoms with Gasteiger partial charge in [0.05, 0.1) is 24.5 Å². The summed E-state index contributed by atoms with van der Waals surface area (Å²) >= 11 is 0. The van der Waals surface area contributed by atoms with Crippen LogP contribution < -0.4 is 5.32 Å². The van der Waals surface area contributed by atoms with E-state index in [-0.39, 0.29) is 11.9 Å². The number of morpholine rings is 1. The summed E-state index contributed by atoms with van der Waals surface area (Å²) in [5.41, 5.74) is 3.68. The number of nitrogens with zero attached hydrogens (tertiary/aromatic N) is 3. The number of benzene rings is 1. The number of aryl methyl sites for hydroxylation is 1. The average Bonchev–Trinajstić information content (AvgIpc) is 2.85. The van der Waals surface area contributed by atoms with Gasteiger partial charge in [0.15, 0.2) is 0 Å². The molecule has 1 aromatic heterocycles. The zero-order valence-corrected chi connectivity index (χ0v) is 21.6. The van der Waals surface area contributed by atoms with Crippen LogP contribution in [0.2, 0.25) is 0 Å². The minimum absolute atomic E-state index is 0.0306. The van der Waals surface area contributed by atoms with Crippen molar-refractivity contribution in [1.82, 2.24) is 14.9 Å². The molecule has 2 heterocycles. The number of amides is 1. The van der Waals surface area contributed by atoms with Gasteiger partial charge in [-0.05, 0) is 49.0 Å². The zero-order chi connectivity index (χ0) is 24.5. The van der Waals surface area contributed by atoms with E-state index >= 15 is 0 Å². The predicted molar refractivity (Wildman–Crippen MR) is 137 cm³/mol. The number of anilines is 1. The van der Waals surface area contributed by atoms with E-state index in [1.807, 2.05) is 17.0 Å². The van der Waals surface area contributed by atoms with Crippen LogP contribution in [0.25, 0.3) is 11.3 Å². The first-order chi connectivity index (χ1) is 16.2. The maximum absolute atomic E-state index is 13.4. The van der Waals surface area contributed by atoms with Crippen molar-refractivity contribution in [3.8, 4) is 11.3 Å². The fraction of sp³-hybridized carbons (Fsp3) is 0.607. The highest BCUT2D eigenvalue weighted by Gasteiger charge is 2.48. The van der Waals surface area contributed by atoms with E-state index in [0.29, 0.717) is 60.8 Å². The molecule has 1 amide bonds. The number of nitrogens with one attached hydrogen (secondary N) is 1. The van der Waals surface area contributed by atoms with Gasteiger partial charge in [-0.15, -0.1) is 0 Å². The molecule has 1 aliphatic carbocycles. The number of hydrogen-bond donors (Lipinski definition) is 1. The van der Waals surface area contributed by atoms with E-state index in [1.54, 1.807) is 6.20 Å². The Morgan fingerprint density at radius 1 is 1.29 bits per heavy atom. The highest BCUT2D eigenvalue weighted by atomic mass is 16.5. The summed E-state index contributed by atoms with van der Waals surface area (Å²) in [5.74, 6) is 2.51. The molecule has 1 aliphatic heterocycles. The second-order valence-electron chi connectivity index (χ2n) is 10.8. The highest BCUT2D eigenvalue weighted by Crippen LogP contribution is 2.55.